The van der Waals surface area contributed by atoms with Gasteiger partial charge in [-0.05, 0) is 33.4 Å². The van der Waals surface area contributed by atoms with E-state index in [4.69, 9.17) is 0 Å². The maximum Gasteiger partial charge on any atom is 0.128 e. The lowest BCUT2D eigenvalue weighted by Crippen LogP contribution is -2.23. The maximum atomic E-state index is 14.1. The van der Waals surface area contributed by atoms with Gasteiger partial charge in [-0.1, -0.05) is 24.6 Å². The van der Waals surface area contributed by atoms with Gasteiger partial charge in [-0.2, -0.15) is 0 Å². The SMILES string of the molecule is CCNC(c1cc(C)ccc1F)c1sc(C)nc1C. The van der Waals surface area contributed by atoms with Crippen LogP contribution in [0.15, 0.2) is 18.2 Å². The summed E-state index contributed by atoms with van der Waals surface area (Å²) in [5.74, 6) is -0.165. The van der Waals surface area contributed by atoms with Crippen LogP contribution >= 0.6 is 11.3 Å². The number of benzene rings is 1. The minimum atomic E-state index is -0.165. The predicted octanol–water partition coefficient (Wildman–Crippen LogP) is 3.91. The topological polar surface area (TPSA) is 24.9 Å². The van der Waals surface area contributed by atoms with Crippen LogP contribution in [0.25, 0.3) is 0 Å². The Bertz CT molecular complexity index is 578. The number of hydrogen-bond donors (Lipinski definition) is 1. The van der Waals surface area contributed by atoms with Crippen molar-refractivity contribution in [2.75, 3.05) is 6.54 Å². The summed E-state index contributed by atoms with van der Waals surface area (Å²) in [6.07, 6.45) is 0. The number of halogens is 1. The van der Waals surface area contributed by atoms with Gasteiger partial charge in [-0.25, -0.2) is 9.37 Å². The van der Waals surface area contributed by atoms with Gasteiger partial charge in [-0.3, -0.25) is 0 Å². The maximum absolute atomic E-state index is 14.1. The normalized spacial score (nSPS) is 12.7. The van der Waals surface area contributed by atoms with Crippen LogP contribution < -0.4 is 5.32 Å². The molecule has 0 aliphatic carbocycles. The van der Waals surface area contributed by atoms with Crippen LogP contribution in [0, 0.1) is 26.6 Å². The third-order valence-corrected chi connectivity index (χ3v) is 4.21. The Morgan fingerprint density at radius 3 is 2.63 bits per heavy atom. The Kier molecular flexibility index (Phi) is 4.32. The zero-order chi connectivity index (χ0) is 14.0. The van der Waals surface area contributed by atoms with Crippen molar-refractivity contribution in [2.24, 2.45) is 0 Å². The van der Waals surface area contributed by atoms with E-state index in [1.54, 1.807) is 17.4 Å². The highest BCUT2D eigenvalue weighted by atomic mass is 32.1. The lowest BCUT2D eigenvalue weighted by atomic mass is 10.0. The van der Waals surface area contributed by atoms with Crippen molar-refractivity contribution in [3.8, 4) is 0 Å². The van der Waals surface area contributed by atoms with E-state index in [2.05, 4.69) is 10.3 Å². The number of nitrogens with one attached hydrogen (secondary N) is 1. The highest BCUT2D eigenvalue weighted by Gasteiger charge is 2.21. The molecule has 4 heteroatoms. The van der Waals surface area contributed by atoms with Crippen LogP contribution in [0.1, 0.15) is 39.7 Å². The Balaban J connectivity index is 2.51. The molecular weight excluding hydrogens is 259 g/mol. The Labute approximate surface area is 117 Å². The van der Waals surface area contributed by atoms with Crippen LogP contribution in [0.2, 0.25) is 0 Å². The van der Waals surface area contributed by atoms with E-state index in [-0.39, 0.29) is 11.9 Å². The van der Waals surface area contributed by atoms with Gasteiger partial charge >= 0.3 is 0 Å². The first-order valence-corrected chi connectivity index (χ1v) is 7.28. The first-order chi connectivity index (χ1) is 9.02. The summed E-state index contributed by atoms with van der Waals surface area (Å²) in [5, 5.41) is 4.38. The van der Waals surface area contributed by atoms with Gasteiger partial charge in [0.15, 0.2) is 0 Å². The molecule has 0 aliphatic heterocycles. The monoisotopic (exact) mass is 278 g/mol. The third-order valence-electron chi connectivity index (χ3n) is 3.07. The van der Waals surface area contributed by atoms with E-state index in [0.717, 1.165) is 27.7 Å². The summed E-state index contributed by atoms with van der Waals surface area (Å²) in [5.41, 5.74) is 2.75. The highest BCUT2D eigenvalue weighted by Crippen LogP contribution is 2.31. The summed E-state index contributed by atoms with van der Waals surface area (Å²) in [6, 6.07) is 5.14. The molecular formula is C15H19FN2S. The molecule has 0 spiro atoms. The fourth-order valence-electron chi connectivity index (χ4n) is 2.25. The van der Waals surface area contributed by atoms with Gasteiger partial charge in [0.05, 0.1) is 16.7 Å². The molecule has 2 rings (SSSR count). The number of hydrogen-bond acceptors (Lipinski definition) is 3. The van der Waals surface area contributed by atoms with Crippen LogP contribution in [0.5, 0.6) is 0 Å². The van der Waals surface area contributed by atoms with E-state index in [9.17, 15) is 4.39 Å². The van der Waals surface area contributed by atoms with Crippen molar-refractivity contribution in [3.05, 3.63) is 50.7 Å². The van der Waals surface area contributed by atoms with Crippen molar-refractivity contribution in [3.63, 3.8) is 0 Å². The van der Waals surface area contributed by atoms with Gasteiger partial charge in [0.1, 0.15) is 5.82 Å². The molecule has 0 saturated carbocycles. The molecule has 1 heterocycles. The van der Waals surface area contributed by atoms with Crippen molar-refractivity contribution >= 4 is 11.3 Å². The minimum Gasteiger partial charge on any atom is -0.306 e. The van der Waals surface area contributed by atoms with Crippen molar-refractivity contribution in [1.29, 1.82) is 0 Å². The van der Waals surface area contributed by atoms with Gasteiger partial charge in [-0.15, -0.1) is 11.3 Å². The van der Waals surface area contributed by atoms with Crippen molar-refractivity contribution in [2.45, 2.75) is 33.7 Å². The zero-order valence-electron chi connectivity index (χ0n) is 11.7. The van der Waals surface area contributed by atoms with E-state index in [1.165, 1.54) is 6.07 Å². The molecule has 102 valence electrons. The van der Waals surface area contributed by atoms with Gasteiger partial charge in [0.2, 0.25) is 0 Å². The number of nitrogens with zero attached hydrogens (tertiary/aromatic N) is 1. The number of aryl methyl sites for hydroxylation is 3. The summed E-state index contributed by atoms with van der Waals surface area (Å²) in [7, 11) is 0. The molecule has 0 amide bonds. The van der Waals surface area contributed by atoms with Gasteiger partial charge in [0.25, 0.3) is 0 Å². The molecule has 1 N–H and O–H groups in total. The van der Waals surface area contributed by atoms with E-state index in [0.29, 0.717) is 5.56 Å². The lowest BCUT2D eigenvalue weighted by Gasteiger charge is -2.18. The largest absolute Gasteiger partial charge is 0.306 e. The molecule has 0 fully saturated rings. The Morgan fingerprint density at radius 2 is 2.05 bits per heavy atom. The molecule has 2 nitrogen and oxygen atoms in total. The number of rotatable bonds is 4. The molecule has 0 bridgehead atoms. The second kappa shape index (κ2) is 5.80. The smallest absolute Gasteiger partial charge is 0.128 e. The summed E-state index contributed by atoms with van der Waals surface area (Å²) < 4.78 is 14.1. The average Bonchev–Trinajstić information content (AvgIpc) is 2.69. The third kappa shape index (κ3) is 3.01. The number of aromatic nitrogens is 1. The second-order valence-electron chi connectivity index (χ2n) is 4.70. The van der Waals surface area contributed by atoms with Crippen LogP contribution in [-0.4, -0.2) is 11.5 Å². The molecule has 0 radical (unpaired) electrons. The highest BCUT2D eigenvalue weighted by molar-refractivity contribution is 7.11. The second-order valence-corrected chi connectivity index (χ2v) is 5.93. The quantitative estimate of drug-likeness (QED) is 0.917. The predicted molar refractivity (Wildman–Crippen MR) is 78.2 cm³/mol. The first-order valence-electron chi connectivity index (χ1n) is 6.46. The van der Waals surface area contributed by atoms with E-state index < -0.39 is 0 Å². The molecule has 1 aromatic carbocycles. The van der Waals surface area contributed by atoms with Gasteiger partial charge in [0, 0.05) is 10.4 Å². The molecule has 1 aromatic heterocycles. The first kappa shape index (κ1) is 14.2. The molecule has 1 atom stereocenters. The molecule has 1 unspecified atom stereocenters. The van der Waals surface area contributed by atoms with Gasteiger partial charge < -0.3 is 5.32 Å². The Morgan fingerprint density at radius 1 is 1.32 bits per heavy atom. The zero-order valence-corrected chi connectivity index (χ0v) is 12.6. The molecule has 19 heavy (non-hydrogen) atoms. The van der Waals surface area contributed by atoms with Crippen LogP contribution in [-0.2, 0) is 0 Å². The van der Waals surface area contributed by atoms with Crippen LogP contribution in [0.4, 0.5) is 4.39 Å². The molecule has 0 saturated heterocycles. The van der Waals surface area contributed by atoms with Crippen molar-refractivity contribution in [1.82, 2.24) is 10.3 Å². The molecule has 0 aliphatic rings. The van der Waals surface area contributed by atoms with Crippen LogP contribution in [0.3, 0.4) is 0 Å². The fourth-order valence-corrected chi connectivity index (χ4v) is 3.27. The fraction of sp³-hybridized carbons (Fsp3) is 0.400. The van der Waals surface area contributed by atoms with Crippen molar-refractivity contribution < 1.29 is 4.39 Å². The minimum absolute atomic E-state index is 0.115. The Hall–Kier alpha value is -1.26. The standard InChI is InChI=1S/C15H19FN2S/c1-5-17-14(15-10(3)18-11(4)19-15)12-8-9(2)6-7-13(12)16/h6-8,14,17H,5H2,1-4H3. The lowest BCUT2D eigenvalue weighted by molar-refractivity contribution is 0.561. The average molecular weight is 278 g/mol. The van der Waals surface area contributed by atoms with E-state index in [1.807, 2.05) is 33.8 Å². The summed E-state index contributed by atoms with van der Waals surface area (Å²) in [6.45, 7) is 8.77. The summed E-state index contributed by atoms with van der Waals surface area (Å²) in [4.78, 5) is 5.55. The number of thiazole rings is 1. The summed E-state index contributed by atoms with van der Waals surface area (Å²) >= 11 is 1.63. The molecule has 2 aromatic rings. The van der Waals surface area contributed by atoms with E-state index >= 15 is 0 Å².